The summed E-state index contributed by atoms with van der Waals surface area (Å²) in [7, 11) is 3.15. The number of unbranched alkanes of at least 4 members (excludes halogenated alkanes) is 3. The molecule has 0 radical (unpaired) electrons. The summed E-state index contributed by atoms with van der Waals surface area (Å²) in [6.45, 7) is 6.26. The van der Waals surface area contributed by atoms with Crippen molar-refractivity contribution in [3.8, 4) is 23.0 Å². The van der Waals surface area contributed by atoms with Gasteiger partial charge in [-0.3, -0.25) is 58.6 Å². The Bertz CT molecular complexity index is 5380. The number of ketones is 2. The van der Waals surface area contributed by atoms with Gasteiger partial charge in [0.15, 0.2) is 69.6 Å². The van der Waals surface area contributed by atoms with Gasteiger partial charge in [-0.15, -0.1) is 0 Å². The number of halogens is 8. The molecule has 6 rings (SSSR count). The van der Waals surface area contributed by atoms with E-state index in [0.29, 0.717) is 48.1 Å². The number of rotatable bonds is 45. The Morgan fingerprint density at radius 3 is 1.33 bits per heavy atom. The van der Waals surface area contributed by atoms with Crippen LogP contribution < -0.4 is 16.0 Å². The second kappa shape index (κ2) is 48.3. The number of phenolic OH excluding ortho intramolecular Hbond substituents is 4. The first kappa shape index (κ1) is 104. The first-order chi connectivity index (χ1) is 60.6. The van der Waals surface area contributed by atoms with Crippen molar-refractivity contribution in [2.24, 2.45) is 20.5 Å². The van der Waals surface area contributed by atoms with Gasteiger partial charge in [-0.2, -0.15) is 0 Å². The second-order valence-corrected chi connectivity index (χ2v) is 30.1. The topological polar surface area (TPSA) is 610 Å². The zero-order chi connectivity index (χ0) is 96.5. The SMILES string of the molecule is CN(Cc1ccc(C(=O)c2cc(O)c(O)c([N+](=O)[O-])c2)cc1)C(=O)CCCCCNC(=O)OC(C)(C)CN(CC(C)(C)OC(=O)CCCN=[N+]=[N-])C(=O)c1c(F)c(F)c(N=[N+]=[N-])c(F)c1F.CN(Cc1ccc(C(=O)c2cc(O)c(O)c([N+](=O)[O-])c2)cc1)C(=O)CCCCNC(=O)CCN(CCCN=[N+]=[N-])C(=O)OC(C)(C)CNC(=O)c1c(F)c(F)c(N=[N+]=[N-])c(F)c1F. The molecule has 0 unspecified atom stereocenters. The van der Waals surface area contributed by atoms with Gasteiger partial charge in [-0.1, -0.05) is 75.4 Å². The van der Waals surface area contributed by atoms with E-state index in [4.69, 9.17) is 36.3 Å². The third-order valence-corrected chi connectivity index (χ3v) is 18.4. The number of nitro benzene ring substituents is 2. The maximum atomic E-state index is 15.2. The molecule has 0 atom stereocenters. The third kappa shape index (κ3) is 30.8. The average molecular weight is 1820 g/mol. The Labute approximate surface area is 726 Å². The molecule has 0 saturated heterocycles. The van der Waals surface area contributed by atoms with Crippen LogP contribution >= 0.6 is 0 Å². The fraction of sp³-hybridized carbons (Fsp3) is 0.418. The molecule has 6 aromatic rings. The monoisotopic (exact) mass is 1820 g/mol. The molecule has 50 heteroatoms. The lowest BCUT2D eigenvalue weighted by Gasteiger charge is -2.37. The van der Waals surface area contributed by atoms with E-state index < -0.39 is 197 Å². The Morgan fingerprint density at radius 2 is 0.884 bits per heavy atom. The fourth-order valence-corrected chi connectivity index (χ4v) is 12.0. The summed E-state index contributed by atoms with van der Waals surface area (Å²) in [5.41, 5.74) is 22.0. The fourth-order valence-electron chi connectivity index (χ4n) is 12.0. The highest BCUT2D eigenvalue weighted by molar-refractivity contribution is 6.10. The molecule has 42 nitrogen and oxygen atoms in total. The number of hydrogen-bond donors (Lipinski definition) is 7. The number of nitrogens with zero attached hydrogens (tertiary/aromatic N) is 18. The van der Waals surface area contributed by atoms with Crippen LogP contribution in [-0.2, 0) is 46.5 Å². The number of aromatic hydroxyl groups is 4. The predicted molar refractivity (Wildman–Crippen MR) is 437 cm³/mol. The maximum absolute atomic E-state index is 15.2. The standard InChI is InChI=1S/C41H46F4N10O11.C38H41F4N11O10/c1-40(2,65-29(58)11-9-17-49-51-46)21-54(38(61)30-31(42)33(44)35(50-52-47)34(45)32(30)43)22-41(3,4)66-39(62)48-16-8-6-7-10-28(57)53(5)20-23-12-14-24(15-13-23)36(59)25-18-26(55(63)64)37(60)27(56)19-25;1-38(2,20-46-36(59)28-29(39)31(41)33(48-50-44)32(42)30(28)40)63-37(60)52(15-6-14-47-49-43)16-12-26(55)45-13-5-4-7-27(56)51(3)19-21-8-10-22(11-9-21)34(57)23-17-24(53(61)62)35(58)25(54)18-23/h12-15,18-19,56,60H,6-11,16-17,20-22H2,1-5H3,(H,48,62);8-11,17-18,54,58H,4-7,12-16,19-20H2,1-3H3,(H,45,55)(H,46,59). The Balaban J connectivity index is 0.000000458. The van der Waals surface area contributed by atoms with Crippen LogP contribution in [0.5, 0.6) is 23.0 Å². The number of ether oxygens (including phenoxy) is 3. The number of hydrogen-bond acceptors (Lipinski definition) is 25. The summed E-state index contributed by atoms with van der Waals surface area (Å²) in [5.74, 6) is -26.9. The van der Waals surface area contributed by atoms with E-state index >= 15 is 8.78 Å². The van der Waals surface area contributed by atoms with Crippen LogP contribution in [0.4, 0.5) is 67.5 Å². The number of azide groups is 4. The summed E-state index contributed by atoms with van der Waals surface area (Å²) in [6, 6.07) is 15.7. The summed E-state index contributed by atoms with van der Waals surface area (Å²) in [5, 5.41) is 80.4. The van der Waals surface area contributed by atoms with Gasteiger partial charge in [0.2, 0.25) is 29.2 Å². The summed E-state index contributed by atoms with van der Waals surface area (Å²) in [4.78, 5) is 163. The smallest absolute Gasteiger partial charge is 0.410 e. The van der Waals surface area contributed by atoms with Crippen molar-refractivity contribution in [1.29, 1.82) is 0 Å². The van der Waals surface area contributed by atoms with Crippen molar-refractivity contribution in [2.75, 3.05) is 73.0 Å². The van der Waals surface area contributed by atoms with Gasteiger partial charge >= 0.3 is 29.5 Å². The van der Waals surface area contributed by atoms with Crippen LogP contribution in [0.3, 0.4) is 0 Å². The number of nitro groups is 2. The van der Waals surface area contributed by atoms with Crippen LogP contribution in [0.1, 0.15) is 176 Å². The molecule has 0 bridgehead atoms. The molecule has 7 amide bonds. The Hall–Kier alpha value is -15.3. The largest absolute Gasteiger partial charge is 0.504 e. The van der Waals surface area contributed by atoms with Crippen molar-refractivity contribution in [2.45, 2.75) is 142 Å². The Morgan fingerprint density at radius 1 is 0.465 bits per heavy atom. The Kier molecular flexibility index (Phi) is 39.0. The van der Waals surface area contributed by atoms with E-state index in [9.17, 15) is 115 Å². The van der Waals surface area contributed by atoms with Crippen LogP contribution in [0.15, 0.2) is 93.3 Å². The lowest BCUT2D eigenvalue weighted by molar-refractivity contribution is -0.386. The first-order valence-corrected chi connectivity index (χ1v) is 38.7. The number of benzene rings is 6. The summed E-state index contributed by atoms with van der Waals surface area (Å²) < 4.78 is 133. The molecule has 0 aliphatic rings. The van der Waals surface area contributed by atoms with Crippen molar-refractivity contribution in [3.05, 3.63) is 226 Å². The molecular formula is C79H87F8N21O21. The van der Waals surface area contributed by atoms with Gasteiger partial charge < -0.3 is 70.2 Å². The van der Waals surface area contributed by atoms with Gasteiger partial charge in [0.1, 0.15) is 39.3 Å². The molecule has 0 aromatic heterocycles. The van der Waals surface area contributed by atoms with E-state index in [1.807, 2.05) is 5.32 Å². The van der Waals surface area contributed by atoms with Gasteiger partial charge in [-0.25, -0.2) is 44.7 Å². The van der Waals surface area contributed by atoms with E-state index in [2.05, 4.69) is 50.7 Å². The summed E-state index contributed by atoms with van der Waals surface area (Å²) >= 11 is 0. The zero-order valence-corrected chi connectivity index (χ0v) is 70.3. The van der Waals surface area contributed by atoms with Gasteiger partial charge in [0.25, 0.3) is 11.8 Å². The summed E-state index contributed by atoms with van der Waals surface area (Å²) in [6.07, 6.45) is 0.226. The molecule has 0 heterocycles. The second-order valence-electron chi connectivity index (χ2n) is 30.1. The lowest BCUT2D eigenvalue weighted by atomic mass is 10.0. The molecule has 690 valence electrons. The van der Waals surface area contributed by atoms with Gasteiger partial charge in [0, 0.05) is 146 Å². The maximum Gasteiger partial charge on any atom is 0.410 e. The number of phenols is 4. The van der Waals surface area contributed by atoms with Crippen LogP contribution in [0.25, 0.3) is 41.8 Å². The van der Waals surface area contributed by atoms with Crippen molar-refractivity contribution in [3.63, 3.8) is 0 Å². The molecule has 0 spiro atoms. The number of amides is 7. The van der Waals surface area contributed by atoms with E-state index in [0.717, 1.165) is 29.2 Å². The van der Waals surface area contributed by atoms with E-state index in [1.54, 1.807) is 38.4 Å². The normalized spacial score (nSPS) is 10.9. The van der Waals surface area contributed by atoms with Gasteiger partial charge in [0.05, 0.1) is 29.5 Å². The van der Waals surface area contributed by atoms with Crippen LogP contribution in [0.2, 0.25) is 0 Å². The number of carbonyl (C=O) groups excluding carboxylic acids is 10. The molecule has 6 aromatic carbocycles. The molecule has 0 aliphatic carbocycles. The van der Waals surface area contributed by atoms with Crippen LogP contribution in [0, 0.1) is 66.8 Å². The highest BCUT2D eigenvalue weighted by Gasteiger charge is 2.40. The van der Waals surface area contributed by atoms with E-state index in [-0.39, 0.29) is 125 Å². The number of alkyl carbamates (subject to hydrolysis) is 1. The minimum Gasteiger partial charge on any atom is -0.504 e. The average Bonchev–Trinajstić information content (AvgIpc) is 0.776. The number of carbonyl (C=O) groups is 10. The first-order valence-electron chi connectivity index (χ1n) is 38.7. The minimum atomic E-state index is -2.18. The third-order valence-electron chi connectivity index (χ3n) is 18.4. The quantitative estimate of drug-likeness (QED) is 0.00152. The van der Waals surface area contributed by atoms with Crippen molar-refractivity contribution in [1.82, 2.24) is 35.6 Å². The minimum absolute atomic E-state index is 0.0132. The molecule has 129 heavy (non-hydrogen) atoms. The molecule has 7 N–H and O–H groups in total. The lowest BCUT2D eigenvalue weighted by Crippen LogP contribution is -2.52. The molecule has 0 fully saturated rings. The molecule has 0 aliphatic heterocycles. The predicted octanol–water partition coefficient (Wildman–Crippen LogP) is 15.0. The highest BCUT2D eigenvalue weighted by atomic mass is 19.2. The molecule has 0 saturated carbocycles. The van der Waals surface area contributed by atoms with Crippen LogP contribution in [-0.4, -0.2) is 199 Å². The van der Waals surface area contributed by atoms with Gasteiger partial charge in [-0.05, 0) is 125 Å². The van der Waals surface area contributed by atoms with Crippen molar-refractivity contribution >= 4 is 82.0 Å². The number of esters is 1. The highest BCUT2D eigenvalue weighted by Crippen LogP contribution is 2.40. The van der Waals surface area contributed by atoms with E-state index in [1.165, 1.54) is 75.6 Å². The zero-order valence-electron chi connectivity index (χ0n) is 70.3. The van der Waals surface area contributed by atoms with Crippen molar-refractivity contribution < 1.29 is 128 Å². The number of nitrogens with one attached hydrogen (secondary N) is 3. The molecular weight excluding hydrogens is 1730 g/mol.